The van der Waals surface area contributed by atoms with E-state index >= 15 is 0 Å². The highest BCUT2D eigenvalue weighted by Gasteiger charge is 2.19. The topological polar surface area (TPSA) is 12.0 Å². The Kier molecular flexibility index (Phi) is 5.56. The Morgan fingerprint density at radius 2 is 2.23 bits per heavy atom. The second-order valence-corrected chi connectivity index (χ2v) is 5.23. The molecule has 76 valence electrons. The predicted molar refractivity (Wildman–Crippen MR) is 62.3 cm³/mol. The summed E-state index contributed by atoms with van der Waals surface area (Å²) in [7, 11) is 0. The predicted octanol–water partition coefficient (Wildman–Crippen LogP) is 2.68. The highest BCUT2D eigenvalue weighted by atomic mass is 32.2. The van der Waals surface area contributed by atoms with Crippen molar-refractivity contribution in [2.75, 3.05) is 18.8 Å². The van der Waals surface area contributed by atoms with Crippen molar-refractivity contribution >= 4 is 11.8 Å². The first-order chi connectivity index (χ1) is 6.34. The molecule has 2 heteroatoms. The van der Waals surface area contributed by atoms with Gasteiger partial charge in [-0.1, -0.05) is 13.0 Å². The molecule has 1 atom stereocenters. The van der Waals surface area contributed by atoms with Gasteiger partial charge in [-0.05, 0) is 44.0 Å². The molecule has 0 bridgehead atoms. The lowest BCUT2D eigenvalue weighted by Gasteiger charge is -2.27. The molecule has 1 rings (SSSR count). The molecule has 13 heavy (non-hydrogen) atoms. The summed E-state index contributed by atoms with van der Waals surface area (Å²) in [4.78, 5) is 0. The molecule has 0 saturated carbocycles. The monoisotopic (exact) mass is 199 g/mol. The van der Waals surface area contributed by atoms with Crippen LogP contribution in [-0.2, 0) is 0 Å². The van der Waals surface area contributed by atoms with Crippen LogP contribution in [0.3, 0.4) is 0 Å². The molecule has 1 heterocycles. The molecule has 0 spiro atoms. The van der Waals surface area contributed by atoms with E-state index < -0.39 is 0 Å². The molecule has 1 nitrogen and oxygen atoms in total. The second-order valence-electron chi connectivity index (χ2n) is 3.74. The number of piperidine rings is 1. The van der Waals surface area contributed by atoms with Crippen LogP contribution in [0.4, 0.5) is 0 Å². The van der Waals surface area contributed by atoms with E-state index in [1.54, 1.807) is 0 Å². The molecule has 0 aromatic carbocycles. The molecule has 0 amide bonds. The van der Waals surface area contributed by atoms with E-state index in [9.17, 15) is 0 Å². The Bertz CT molecular complexity index is 141. The summed E-state index contributed by atoms with van der Waals surface area (Å²) < 4.78 is 0. The smallest absolute Gasteiger partial charge is 0.00480 e. The summed E-state index contributed by atoms with van der Waals surface area (Å²) >= 11 is 2.11. The maximum atomic E-state index is 3.75. The van der Waals surface area contributed by atoms with Gasteiger partial charge in [0.25, 0.3) is 0 Å². The molecule has 0 radical (unpaired) electrons. The Labute approximate surface area is 86.4 Å². The highest BCUT2D eigenvalue weighted by molar-refractivity contribution is 7.99. The van der Waals surface area contributed by atoms with E-state index in [1.165, 1.54) is 31.7 Å². The van der Waals surface area contributed by atoms with Crippen molar-refractivity contribution in [2.45, 2.75) is 31.4 Å². The Morgan fingerprint density at radius 1 is 1.54 bits per heavy atom. The van der Waals surface area contributed by atoms with Gasteiger partial charge in [-0.15, -0.1) is 6.58 Å². The summed E-state index contributed by atoms with van der Waals surface area (Å²) in [5.74, 6) is 2.19. The standard InChI is InChI=1S/C11H21NS/c1-3-4-9-13-10(2)11-5-7-12-8-6-11/h3,10-12H,1,4-9H2,2H3. The van der Waals surface area contributed by atoms with Crippen LogP contribution in [0.15, 0.2) is 12.7 Å². The van der Waals surface area contributed by atoms with Crippen LogP contribution in [0.2, 0.25) is 0 Å². The fraction of sp³-hybridized carbons (Fsp3) is 0.818. The van der Waals surface area contributed by atoms with Gasteiger partial charge in [0, 0.05) is 5.25 Å². The van der Waals surface area contributed by atoms with Crippen molar-refractivity contribution in [3.63, 3.8) is 0 Å². The van der Waals surface area contributed by atoms with Crippen molar-refractivity contribution in [1.29, 1.82) is 0 Å². The third-order valence-corrected chi connectivity index (χ3v) is 4.13. The van der Waals surface area contributed by atoms with Gasteiger partial charge in [0.2, 0.25) is 0 Å². The van der Waals surface area contributed by atoms with Crippen LogP contribution in [0.5, 0.6) is 0 Å². The summed E-state index contributed by atoms with van der Waals surface area (Å²) in [5.41, 5.74) is 0. The first-order valence-corrected chi connectivity index (χ1v) is 6.32. The minimum atomic E-state index is 0.835. The van der Waals surface area contributed by atoms with Gasteiger partial charge in [0.05, 0.1) is 0 Å². The number of hydrogen-bond donors (Lipinski definition) is 1. The first-order valence-electron chi connectivity index (χ1n) is 5.28. The fourth-order valence-corrected chi connectivity index (χ4v) is 3.01. The van der Waals surface area contributed by atoms with Gasteiger partial charge in [-0.25, -0.2) is 0 Å². The van der Waals surface area contributed by atoms with Crippen LogP contribution >= 0.6 is 11.8 Å². The van der Waals surface area contributed by atoms with Crippen molar-refractivity contribution in [1.82, 2.24) is 5.32 Å². The molecule has 1 fully saturated rings. The molecule has 1 aliphatic heterocycles. The molecule has 0 aliphatic carbocycles. The quantitative estimate of drug-likeness (QED) is 0.540. The van der Waals surface area contributed by atoms with Gasteiger partial charge in [0.15, 0.2) is 0 Å². The maximum Gasteiger partial charge on any atom is 0.00480 e. The summed E-state index contributed by atoms with van der Waals surface area (Å²) in [5, 5.41) is 4.25. The van der Waals surface area contributed by atoms with Crippen LogP contribution < -0.4 is 5.32 Å². The maximum absolute atomic E-state index is 3.75. The van der Waals surface area contributed by atoms with E-state index in [0.717, 1.165) is 17.6 Å². The molecular weight excluding hydrogens is 178 g/mol. The fourth-order valence-electron chi connectivity index (χ4n) is 1.79. The minimum absolute atomic E-state index is 0.835. The second kappa shape index (κ2) is 6.50. The lowest BCUT2D eigenvalue weighted by molar-refractivity contribution is 0.373. The lowest BCUT2D eigenvalue weighted by atomic mass is 9.95. The zero-order valence-electron chi connectivity index (χ0n) is 8.59. The molecule has 1 N–H and O–H groups in total. The molecular formula is C11H21NS. The number of allylic oxidation sites excluding steroid dienone is 1. The average molecular weight is 199 g/mol. The Morgan fingerprint density at radius 3 is 2.85 bits per heavy atom. The SMILES string of the molecule is C=CCCSC(C)C1CCNCC1. The van der Waals surface area contributed by atoms with E-state index in [2.05, 4.69) is 30.6 Å². The summed E-state index contributed by atoms with van der Waals surface area (Å²) in [6.07, 6.45) is 5.90. The number of nitrogens with one attached hydrogen (secondary N) is 1. The number of thioether (sulfide) groups is 1. The molecule has 0 aromatic heterocycles. The highest BCUT2D eigenvalue weighted by Crippen LogP contribution is 2.26. The summed E-state index contributed by atoms with van der Waals surface area (Å²) in [6.45, 7) is 8.56. The van der Waals surface area contributed by atoms with Crippen LogP contribution in [0.1, 0.15) is 26.2 Å². The Balaban J connectivity index is 2.13. The number of hydrogen-bond acceptors (Lipinski definition) is 2. The zero-order chi connectivity index (χ0) is 9.52. The van der Waals surface area contributed by atoms with E-state index in [1.807, 2.05) is 6.08 Å². The van der Waals surface area contributed by atoms with Gasteiger partial charge in [-0.3, -0.25) is 0 Å². The van der Waals surface area contributed by atoms with Gasteiger partial charge < -0.3 is 5.32 Å². The van der Waals surface area contributed by atoms with Crippen LogP contribution in [-0.4, -0.2) is 24.1 Å². The molecule has 0 aromatic rings. The molecule has 1 unspecified atom stereocenters. The lowest BCUT2D eigenvalue weighted by Crippen LogP contribution is -2.31. The van der Waals surface area contributed by atoms with Crippen molar-refractivity contribution < 1.29 is 0 Å². The van der Waals surface area contributed by atoms with E-state index in [-0.39, 0.29) is 0 Å². The Hall–Kier alpha value is 0.0500. The molecule has 1 saturated heterocycles. The third-order valence-electron chi connectivity index (χ3n) is 2.75. The molecule has 1 aliphatic rings. The average Bonchev–Trinajstić information content (AvgIpc) is 2.19. The van der Waals surface area contributed by atoms with Crippen LogP contribution in [0, 0.1) is 5.92 Å². The minimum Gasteiger partial charge on any atom is -0.317 e. The normalized spacial score (nSPS) is 21.3. The van der Waals surface area contributed by atoms with E-state index in [4.69, 9.17) is 0 Å². The first kappa shape index (κ1) is 11.1. The van der Waals surface area contributed by atoms with Gasteiger partial charge in [0.1, 0.15) is 0 Å². The number of rotatable bonds is 5. The van der Waals surface area contributed by atoms with Gasteiger partial charge >= 0.3 is 0 Å². The van der Waals surface area contributed by atoms with E-state index in [0.29, 0.717) is 0 Å². The van der Waals surface area contributed by atoms with Crippen LogP contribution in [0.25, 0.3) is 0 Å². The van der Waals surface area contributed by atoms with Crippen molar-refractivity contribution in [3.8, 4) is 0 Å². The van der Waals surface area contributed by atoms with Crippen molar-refractivity contribution in [3.05, 3.63) is 12.7 Å². The largest absolute Gasteiger partial charge is 0.317 e. The zero-order valence-corrected chi connectivity index (χ0v) is 9.41. The summed E-state index contributed by atoms with van der Waals surface area (Å²) in [6, 6.07) is 0. The third kappa shape index (κ3) is 4.19. The van der Waals surface area contributed by atoms with Crippen molar-refractivity contribution in [2.24, 2.45) is 5.92 Å². The van der Waals surface area contributed by atoms with Gasteiger partial charge in [-0.2, -0.15) is 11.8 Å².